The number of rotatable bonds is 5. The van der Waals surface area contributed by atoms with Crippen molar-refractivity contribution in [3.63, 3.8) is 0 Å². The van der Waals surface area contributed by atoms with Gasteiger partial charge in [0.1, 0.15) is 11.6 Å². The number of nitrogens with one attached hydrogen (secondary N) is 1. The lowest BCUT2D eigenvalue weighted by Crippen LogP contribution is -2.05. The Kier molecular flexibility index (Phi) is 4.18. The summed E-state index contributed by atoms with van der Waals surface area (Å²) in [4.78, 5) is 8.18. The minimum absolute atomic E-state index is 0.198. The first-order chi connectivity index (χ1) is 9.17. The third kappa shape index (κ3) is 3.84. The maximum atomic E-state index is 5.69. The SMILES string of the molecule is CCCNc1cc(Oc2cccc(C)c2)nc(N)n1. The Hall–Kier alpha value is -2.30. The van der Waals surface area contributed by atoms with Crippen LogP contribution in [0.1, 0.15) is 18.9 Å². The molecule has 5 heteroatoms. The van der Waals surface area contributed by atoms with E-state index in [2.05, 4.69) is 22.2 Å². The number of nitrogen functional groups attached to an aromatic ring is 1. The Labute approximate surface area is 112 Å². The molecule has 5 nitrogen and oxygen atoms in total. The van der Waals surface area contributed by atoms with Crippen molar-refractivity contribution >= 4 is 11.8 Å². The highest BCUT2D eigenvalue weighted by atomic mass is 16.5. The molecule has 0 aliphatic rings. The summed E-state index contributed by atoms with van der Waals surface area (Å²) in [6.45, 7) is 4.93. The monoisotopic (exact) mass is 258 g/mol. The van der Waals surface area contributed by atoms with Gasteiger partial charge in [0, 0.05) is 12.6 Å². The molecule has 2 aromatic rings. The number of benzene rings is 1. The summed E-state index contributed by atoms with van der Waals surface area (Å²) in [5.41, 5.74) is 6.80. The predicted molar refractivity (Wildman–Crippen MR) is 76.5 cm³/mol. The van der Waals surface area contributed by atoms with Gasteiger partial charge in [-0.25, -0.2) is 0 Å². The second-order valence-electron chi connectivity index (χ2n) is 4.29. The van der Waals surface area contributed by atoms with Gasteiger partial charge in [0.2, 0.25) is 11.8 Å². The van der Waals surface area contributed by atoms with Gasteiger partial charge in [-0.05, 0) is 31.0 Å². The van der Waals surface area contributed by atoms with Crippen molar-refractivity contribution in [1.82, 2.24) is 9.97 Å². The molecular formula is C14H18N4O. The van der Waals surface area contributed by atoms with Crippen LogP contribution in [0.5, 0.6) is 11.6 Å². The first kappa shape index (κ1) is 13.1. The van der Waals surface area contributed by atoms with Crippen LogP contribution >= 0.6 is 0 Å². The van der Waals surface area contributed by atoms with Crippen LogP contribution in [0.3, 0.4) is 0 Å². The summed E-state index contributed by atoms with van der Waals surface area (Å²) in [5.74, 6) is 2.05. The Morgan fingerprint density at radius 1 is 1.26 bits per heavy atom. The number of hydrogen-bond acceptors (Lipinski definition) is 5. The van der Waals surface area contributed by atoms with Gasteiger partial charge in [-0.2, -0.15) is 9.97 Å². The summed E-state index contributed by atoms with van der Waals surface area (Å²) in [6.07, 6.45) is 1.01. The zero-order chi connectivity index (χ0) is 13.7. The van der Waals surface area contributed by atoms with E-state index in [9.17, 15) is 0 Å². The summed E-state index contributed by atoms with van der Waals surface area (Å²) in [6, 6.07) is 9.51. The molecule has 1 aromatic carbocycles. The quantitative estimate of drug-likeness (QED) is 0.862. The third-order valence-electron chi connectivity index (χ3n) is 2.49. The largest absolute Gasteiger partial charge is 0.439 e. The molecule has 1 heterocycles. The zero-order valence-corrected chi connectivity index (χ0v) is 11.2. The molecule has 0 radical (unpaired) electrons. The van der Waals surface area contributed by atoms with Crippen molar-refractivity contribution in [2.75, 3.05) is 17.6 Å². The van der Waals surface area contributed by atoms with Gasteiger partial charge in [-0.1, -0.05) is 19.1 Å². The highest BCUT2D eigenvalue weighted by molar-refractivity contribution is 5.44. The number of aromatic nitrogens is 2. The smallest absolute Gasteiger partial charge is 0.226 e. The molecule has 0 fully saturated rings. The molecule has 0 aliphatic carbocycles. The van der Waals surface area contributed by atoms with E-state index in [0.29, 0.717) is 11.7 Å². The van der Waals surface area contributed by atoms with Crippen molar-refractivity contribution in [2.45, 2.75) is 20.3 Å². The normalized spacial score (nSPS) is 10.2. The van der Waals surface area contributed by atoms with Gasteiger partial charge in [0.25, 0.3) is 0 Å². The molecule has 0 unspecified atom stereocenters. The molecule has 19 heavy (non-hydrogen) atoms. The highest BCUT2D eigenvalue weighted by Crippen LogP contribution is 2.22. The number of nitrogens with zero attached hydrogens (tertiary/aromatic N) is 2. The standard InChI is InChI=1S/C14H18N4O/c1-3-7-16-12-9-13(18-14(15)17-12)19-11-6-4-5-10(2)8-11/h4-6,8-9H,3,7H2,1-2H3,(H3,15,16,17,18). The lowest BCUT2D eigenvalue weighted by Gasteiger charge is -2.09. The summed E-state index contributed by atoms with van der Waals surface area (Å²) in [5, 5.41) is 3.16. The van der Waals surface area contributed by atoms with Crippen LogP contribution in [-0.4, -0.2) is 16.5 Å². The topological polar surface area (TPSA) is 73.1 Å². The second-order valence-corrected chi connectivity index (χ2v) is 4.29. The molecule has 0 atom stereocenters. The Morgan fingerprint density at radius 3 is 2.84 bits per heavy atom. The van der Waals surface area contributed by atoms with Crippen LogP contribution in [0.2, 0.25) is 0 Å². The fourth-order valence-corrected chi connectivity index (χ4v) is 1.64. The Balaban J connectivity index is 2.17. The van der Waals surface area contributed by atoms with Crippen molar-refractivity contribution in [3.05, 3.63) is 35.9 Å². The van der Waals surface area contributed by atoms with E-state index in [0.717, 1.165) is 24.3 Å². The summed E-state index contributed by atoms with van der Waals surface area (Å²) >= 11 is 0. The number of nitrogens with two attached hydrogens (primary N) is 1. The van der Waals surface area contributed by atoms with Crippen molar-refractivity contribution in [2.24, 2.45) is 0 Å². The van der Waals surface area contributed by atoms with Crippen LogP contribution in [0.25, 0.3) is 0 Å². The Bertz CT molecular complexity index is 557. The van der Waals surface area contributed by atoms with Gasteiger partial charge >= 0.3 is 0 Å². The molecule has 0 spiro atoms. The average Bonchev–Trinajstić information content (AvgIpc) is 2.35. The van der Waals surface area contributed by atoms with E-state index in [-0.39, 0.29) is 5.95 Å². The van der Waals surface area contributed by atoms with E-state index in [1.54, 1.807) is 6.07 Å². The minimum Gasteiger partial charge on any atom is -0.439 e. The van der Waals surface area contributed by atoms with E-state index in [4.69, 9.17) is 10.5 Å². The zero-order valence-electron chi connectivity index (χ0n) is 11.2. The van der Waals surface area contributed by atoms with Crippen molar-refractivity contribution in [3.8, 4) is 11.6 Å². The maximum absolute atomic E-state index is 5.69. The van der Waals surface area contributed by atoms with E-state index >= 15 is 0 Å². The minimum atomic E-state index is 0.198. The molecule has 0 saturated carbocycles. The van der Waals surface area contributed by atoms with Crippen LogP contribution in [0.4, 0.5) is 11.8 Å². The van der Waals surface area contributed by atoms with E-state index in [1.807, 2.05) is 31.2 Å². The van der Waals surface area contributed by atoms with Crippen molar-refractivity contribution < 1.29 is 4.74 Å². The van der Waals surface area contributed by atoms with Crippen LogP contribution in [0.15, 0.2) is 30.3 Å². The van der Waals surface area contributed by atoms with Crippen LogP contribution in [0, 0.1) is 6.92 Å². The molecule has 0 saturated heterocycles. The molecule has 1 aromatic heterocycles. The summed E-state index contributed by atoms with van der Waals surface area (Å²) < 4.78 is 5.69. The average molecular weight is 258 g/mol. The predicted octanol–water partition coefficient (Wildman–Crippen LogP) is 2.98. The molecule has 0 aliphatic heterocycles. The molecule has 0 amide bonds. The molecular weight excluding hydrogens is 240 g/mol. The molecule has 0 bridgehead atoms. The molecule has 3 N–H and O–H groups in total. The van der Waals surface area contributed by atoms with Crippen LogP contribution < -0.4 is 15.8 Å². The number of ether oxygens (including phenoxy) is 1. The number of aryl methyl sites for hydroxylation is 1. The highest BCUT2D eigenvalue weighted by Gasteiger charge is 2.04. The maximum Gasteiger partial charge on any atom is 0.226 e. The lowest BCUT2D eigenvalue weighted by atomic mass is 10.2. The fraction of sp³-hybridized carbons (Fsp3) is 0.286. The van der Waals surface area contributed by atoms with Crippen molar-refractivity contribution in [1.29, 1.82) is 0 Å². The van der Waals surface area contributed by atoms with Gasteiger partial charge in [-0.3, -0.25) is 0 Å². The van der Waals surface area contributed by atoms with Gasteiger partial charge in [-0.15, -0.1) is 0 Å². The van der Waals surface area contributed by atoms with E-state index in [1.165, 1.54) is 0 Å². The van der Waals surface area contributed by atoms with E-state index < -0.39 is 0 Å². The van der Waals surface area contributed by atoms with Crippen LogP contribution in [-0.2, 0) is 0 Å². The molecule has 2 rings (SSSR count). The van der Waals surface area contributed by atoms with Gasteiger partial charge in [0.05, 0.1) is 0 Å². The first-order valence-corrected chi connectivity index (χ1v) is 6.30. The number of hydrogen-bond donors (Lipinski definition) is 2. The number of anilines is 2. The fourth-order valence-electron chi connectivity index (χ4n) is 1.64. The van der Waals surface area contributed by atoms with Gasteiger partial charge in [0.15, 0.2) is 0 Å². The lowest BCUT2D eigenvalue weighted by molar-refractivity contribution is 0.462. The third-order valence-corrected chi connectivity index (χ3v) is 2.49. The second kappa shape index (κ2) is 6.04. The molecule has 100 valence electrons. The van der Waals surface area contributed by atoms with Gasteiger partial charge < -0.3 is 15.8 Å². The Morgan fingerprint density at radius 2 is 2.11 bits per heavy atom. The first-order valence-electron chi connectivity index (χ1n) is 6.30. The summed E-state index contributed by atoms with van der Waals surface area (Å²) in [7, 11) is 0.